The Morgan fingerprint density at radius 3 is 2.33 bits per heavy atom. The SMILES string of the molecule is COc1ccc(S(=O)(=O)NCCN(Cc2ccc(C)cc2)C(C)=O)cc1C. The lowest BCUT2D eigenvalue weighted by atomic mass is 10.1. The summed E-state index contributed by atoms with van der Waals surface area (Å²) in [7, 11) is -2.11. The molecule has 0 bridgehead atoms. The maximum absolute atomic E-state index is 12.5. The Bertz CT molecular complexity index is 893. The largest absolute Gasteiger partial charge is 0.496 e. The minimum absolute atomic E-state index is 0.102. The van der Waals surface area contributed by atoms with E-state index in [2.05, 4.69) is 4.72 Å². The quantitative estimate of drug-likeness (QED) is 0.752. The molecule has 2 rings (SSSR count). The van der Waals surface area contributed by atoms with Crippen molar-refractivity contribution < 1.29 is 17.9 Å². The van der Waals surface area contributed by atoms with E-state index in [1.807, 2.05) is 31.2 Å². The van der Waals surface area contributed by atoms with Crippen LogP contribution in [0.15, 0.2) is 47.4 Å². The maximum Gasteiger partial charge on any atom is 0.240 e. The van der Waals surface area contributed by atoms with Gasteiger partial charge in [-0.25, -0.2) is 13.1 Å². The van der Waals surface area contributed by atoms with Crippen molar-refractivity contribution in [2.75, 3.05) is 20.2 Å². The fourth-order valence-electron chi connectivity index (χ4n) is 2.68. The van der Waals surface area contributed by atoms with Crippen molar-refractivity contribution >= 4 is 15.9 Å². The molecule has 0 saturated heterocycles. The summed E-state index contributed by atoms with van der Waals surface area (Å²) in [4.78, 5) is 13.7. The van der Waals surface area contributed by atoms with Gasteiger partial charge in [-0.3, -0.25) is 4.79 Å². The van der Waals surface area contributed by atoms with Gasteiger partial charge in [-0.05, 0) is 43.2 Å². The van der Waals surface area contributed by atoms with Crippen LogP contribution >= 0.6 is 0 Å². The van der Waals surface area contributed by atoms with Crippen molar-refractivity contribution in [2.45, 2.75) is 32.2 Å². The van der Waals surface area contributed by atoms with Crippen molar-refractivity contribution in [3.63, 3.8) is 0 Å². The standard InChI is InChI=1S/C20H26N2O4S/c1-15-5-7-18(8-6-15)14-22(17(3)23)12-11-21-27(24,25)19-9-10-20(26-4)16(2)13-19/h5-10,13,21H,11-12,14H2,1-4H3. The Morgan fingerprint density at radius 1 is 1.11 bits per heavy atom. The molecule has 0 aliphatic rings. The van der Waals surface area contributed by atoms with E-state index < -0.39 is 10.0 Å². The summed E-state index contributed by atoms with van der Waals surface area (Å²) in [5.41, 5.74) is 2.89. The first-order chi connectivity index (χ1) is 12.7. The summed E-state index contributed by atoms with van der Waals surface area (Å²) in [6, 6.07) is 12.6. The zero-order valence-corrected chi connectivity index (χ0v) is 17.0. The van der Waals surface area contributed by atoms with Crippen LogP contribution in [0.1, 0.15) is 23.6 Å². The van der Waals surface area contributed by atoms with Crippen molar-refractivity contribution in [3.05, 3.63) is 59.2 Å². The molecule has 0 aliphatic heterocycles. The fraction of sp³-hybridized carbons (Fsp3) is 0.350. The Balaban J connectivity index is 1.99. The van der Waals surface area contributed by atoms with Gasteiger partial charge in [0.2, 0.25) is 15.9 Å². The average molecular weight is 391 g/mol. The molecule has 0 fully saturated rings. The summed E-state index contributed by atoms with van der Waals surface area (Å²) < 4.78 is 32.7. The lowest BCUT2D eigenvalue weighted by Gasteiger charge is -2.21. The predicted molar refractivity (Wildman–Crippen MR) is 105 cm³/mol. The van der Waals surface area contributed by atoms with Crippen molar-refractivity contribution in [1.82, 2.24) is 9.62 Å². The zero-order chi connectivity index (χ0) is 20.0. The van der Waals surface area contributed by atoms with Gasteiger partial charge in [0.1, 0.15) is 5.75 Å². The summed E-state index contributed by atoms with van der Waals surface area (Å²) in [5, 5.41) is 0. The van der Waals surface area contributed by atoms with Gasteiger partial charge in [-0.15, -0.1) is 0 Å². The second-order valence-corrected chi connectivity index (χ2v) is 8.22. The van der Waals surface area contributed by atoms with Crippen molar-refractivity contribution in [2.24, 2.45) is 0 Å². The molecule has 2 aromatic rings. The number of carbonyl (C=O) groups excluding carboxylic acids is 1. The highest BCUT2D eigenvalue weighted by molar-refractivity contribution is 7.89. The zero-order valence-electron chi connectivity index (χ0n) is 16.2. The normalized spacial score (nSPS) is 11.3. The van der Waals surface area contributed by atoms with E-state index in [9.17, 15) is 13.2 Å². The van der Waals surface area contributed by atoms with E-state index in [1.165, 1.54) is 13.0 Å². The molecule has 0 atom stereocenters. The molecule has 146 valence electrons. The molecule has 7 heteroatoms. The van der Waals surface area contributed by atoms with Crippen LogP contribution in [0, 0.1) is 13.8 Å². The highest BCUT2D eigenvalue weighted by Crippen LogP contribution is 2.21. The molecule has 1 amide bonds. The number of ether oxygens (including phenoxy) is 1. The number of amides is 1. The van der Waals surface area contributed by atoms with Crippen molar-refractivity contribution in [3.8, 4) is 5.75 Å². The number of methoxy groups -OCH3 is 1. The number of benzene rings is 2. The number of hydrogen-bond acceptors (Lipinski definition) is 4. The summed E-state index contributed by atoms with van der Waals surface area (Å²) >= 11 is 0. The minimum Gasteiger partial charge on any atom is -0.496 e. The highest BCUT2D eigenvalue weighted by atomic mass is 32.2. The Labute approximate surface area is 161 Å². The monoisotopic (exact) mass is 390 g/mol. The van der Waals surface area contributed by atoms with Crippen LogP contribution in [0.3, 0.4) is 0 Å². The van der Waals surface area contributed by atoms with E-state index in [0.717, 1.165) is 16.7 Å². The Morgan fingerprint density at radius 2 is 1.78 bits per heavy atom. The Kier molecular flexibility index (Phi) is 6.98. The first-order valence-corrected chi connectivity index (χ1v) is 10.2. The van der Waals surface area contributed by atoms with Crippen LogP contribution in [0.2, 0.25) is 0 Å². The minimum atomic E-state index is -3.65. The maximum atomic E-state index is 12.5. The first-order valence-electron chi connectivity index (χ1n) is 8.68. The molecule has 0 aromatic heterocycles. The number of sulfonamides is 1. The van der Waals surface area contributed by atoms with Crippen LogP contribution in [0.25, 0.3) is 0 Å². The number of aryl methyl sites for hydroxylation is 2. The second-order valence-electron chi connectivity index (χ2n) is 6.46. The molecule has 6 nitrogen and oxygen atoms in total. The first kappa shape index (κ1) is 20.9. The van der Waals surface area contributed by atoms with Crippen LogP contribution in [-0.4, -0.2) is 39.4 Å². The van der Waals surface area contributed by atoms with E-state index in [4.69, 9.17) is 4.74 Å². The van der Waals surface area contributed by atoms with Gasteiger partial charge in [-0.1, -0.05) is 29.8 Å². The van der Waals surface area contributed by atoms with Gasteiger partial charge in [0.15, 0.2) is 0 Å². The smallest absolute Gasteiger partial charge is 0.240 e. The molecule has 2 aromatic carbocycles. The van der Waals surface area contributed by atoms with Crippen molar-refractivity contribution in [1.29, 1.82) is 0 Å². The molecular formula is C20H26N2O4S. The number of rotatable bonds is 8. The number of nitrogens with one attached hydrogen (secondary N) is 1. The van der Waals surface area contributed by atoms with Gasteiger partial charge in [0, 0.05) is 26.6 Å². The number of carbonyl (C=O) groups is 1. The van der Waals surface area contributed by atoms with Crippen LogP contribution in [-0.2, 0) is 21.4 Å². The Hall–Kier alpha value is -2.38. The van der Waals surface area contributed by atoms with E-state index in [1.54, 1.807) is 31.1 Å². The third-order valence-corrected chi connectivity index (χ3v) is 5.75. The summed E-state index contributed by atoms with van der Waals surface area (Å²) in [6.07, 6.45) is 0. The molecule has 0 heterocycles. The van der Waals surface area contributed by atoms with Crippen LogP contribution in [0.4, 0.5) is 0 Å². The molecule has 0 unspecified atom stereocenters. The third kappa shape index (κ3) is 5.80. The topological polar surface area (TPSA) is 75.7 Å². The summed E-state index contributed by atoms with van der Waals surface area (Å²) in [5.74, 6) is 0.532. The van der Waals surface area contributed by atoms with E-state index >= 15 is 0 Å². The molecular weight excluding hydrogens is 364 g/mol. The van der Waals surface area contributed by atoms with E-state index in [0.29, 0.717) is 12.3 Å². The molecule has 0 spiro atoms. The molecule has 0 radical (unpaired) electrons. The van der Waals surface area contributed by atoms with Gasteiger partial charge in [0.25, 0.3) is 0 Å². The average Bonchev–Trinajstić information content (AvgIpc) is 2.62. The second kappa shape index (κ2) is 9.01. The molecule has 0 saturated carbocycles. The predicted octanol–water partition coefficient (Wildman–Crippen LogP) is 2.64. The number of nitrogens with zero attached hydrogens (tertiary/aromatic N) is 1. The van der Waals surface area contributed by atoms with Gasteiger partial charge in [0.05, 0.1) is 12.0 Å². The molecule has 27 heavy (non-hydrogen) atoms. The lowest BCUT2D eigenvalue weighted by Crippen LogP contribution is -2.37. The lowest BCUT2D eigenvalue weighted by molar-refractivity contribution is -0.129. The number of hydrogen-bond donors (Lipinski definition) is 1. The molecule has 0 aliphatic carbocycles. The van der Waals surface area contributed by atoms with Gasteiger partial charge < -0.3 is 9.64 Å². The third-order valence-electron chi connectivity index (χ3n) is 4.29. The van der Waals surface area contributed by atoms with Gasteiger partial charge in [-0.2, -0.15) is 0 Å². The molecule has 1 N–H and O–H groups in total. The highest BCUT2D eigenvalue weighted by Gasteiger charge is 2.16. The van der Waals surface area contributed by atoms with E-state index in [-0.39, 0.29) is 23.9 Å². The summed E-state index contributed by atoms with van der Waals surface area (Å²) in [6.45, 7) is 6.14. The van der Waals surface area contributed by atoms with Crippen LogP contribution < -0.4 is 9.46 Å². The van der Waals surface area contributed by atoms with Crippen LogP contribution in [0.5, 0.6) is 5.75 Å². The fourth-order valence-corrected chi connectivity index (χ4v) is 3.78. The van der Waals surface area contributed by atoms with Gasteiger partial charge >= 0.3 is 0 Å².